The Morgan fingerprint density at radius 3 is 1.85 bits per heavy atom. The topological polar surface area (TPSA) is 87.0 Å². The number of nitrogens with zero attached hydrogens (tertiary/aromatic N) is 2. The molecule has 0 saturated heterocycles. The lowest BCUT2D eigenvalue weighted by Gasteiger charge is -2.30. The second-order valence-electron chi connectivity index (χ2n) is 11.5. The molecule has 1 amide bonds. The minimum Gasteiger partial charge on any atom is -0.481 e. The molecule has 1 heterocycles. The Morgan fingerprint density at radius 1 is 0.976 bits per heavy atom. The summed E-state index contributed by atoms with van der Waals surface area (Å²) in [5.41, 5.74) is 3.20. The Kier molecular flexibility index (Phi) is 16.5. The summed E-state index contributed by atoms with van der Waals surface area (Å²) in [6.07, 6.45) is 1.16. The van der Waals surface area contributed by atoms with Crippen LogP contribution in [0.2, 0.25) is 10.0 Å². The van der Waals surface area contributed by atoms with Gasteiger partial charge in [-0.3, -0.25) is 14.5 Å². The Balaban J connectivity index is 0.00000158. The van der Waals surface area contributed by atoms with Crippen LogP contribution in [0.5, 0.6) is 0 Å². The molecule has 0 radical (unpaired) electrons. The van der Waals surface area contributed by atoms with Crippen molar-refractivity contribution < 1.29 is 19.5 Å². The van der Waals surface area contributed by atoms with Crippen LogP contribution in [-0.4, -0.2) is 34.4 Å². The second kappa shape index (κ2) is 17.8. The third kappa shape index (κ3) is 13.0. The molecule has 8 heteroatoms. The molecule has 41 heavy (non-hydrogen) atoms. The minimum absolute atomic E-state index is 0.248. The predicted octanol–water partition coefficient (Wildman–Crippen LogP) is 9.04. The predicted molar refractivity (Wildman–Crippen MR) is 172 cm³/mol. The summed E-state index contributed by atoms with van der Waals surface area (Å²) in [5, 5.41) is 10.0. The average molecular weight is 606 g/mol. The van der Waals surface area contributed by atoms with Gasteiger partial charge in [-0.15, -0.1) is 0 Å². The van der Waals surface area contributed by atoms with E-state index in [-0.39, 0.29) is 17.7 Å². The molecule has 0 saturated carbocycles. The van der Waals surface area contributed by atoms with Gasteiger partial charge in [0.05, 0.1) is 12.0 Å². The van der Waals surface area contributed by atoms with Crippen molar-refractivity contribution in [2.24, 2.45) is 22.2 Å². The lowest BCUT2D eigenvalue weighted by molar-refractivity contribution is -0.141. The van der Waals surface area contributed by atoms with E-state index in [2.05, 4.69) is 53.1 Å². The first-order valence-electron chi connectivity index (χ1n) is 13.7. The molecule has 3 rings (SSSR count). The molecule has 0 aliphatic carbocycles. The maximum atomic E-state index is 13.4. The van der Waals surface area contributed by atoms with Crippen molar-refractivity contribution in [1.82, 2.24) is 4.90 Å². The van der Waals surface area contributed by atoms with E-state index in [0.29, 0.717) is 39.2 Å². The van der Waals surface area contributed by atoms with Crippen molar-refractivity contribution in [3.05, 3.63) is 81.6 Å². The molecule has 0 spiro atoms. The highest BCUT2D eigenvalue weighted by atomic mass is 35.5. The first-order chi connectivity index (χ1) is 19.1. The number of carboxylic acid groups (broad SMARTS) is 1. The van der Waals surface area contributed by atoms with Gasteiger partial charge in [-0.2, -0.15) is 0 Å². The van der Waals surface area contributed by atoms with Gasteiger partial charge in [0.1, 0.15) is 18.3 Å². The zero-order valence-corrected chi connectivity index (χ0v) is 27.4. The molecule has 1 N–H and O–H groups in total. The summed E-state index contributed by atoms with van der Waals surface area (Å²) < 4.78 is 0. The Morgan fingerprint density at radius 2 is 1.44 bits per heavy atom. The van der Waals surface area contributed by atoms with Crippen LogP contribution in [0.1, 0.15) is 91.5 Å². The number of hydrogen-bond donors (Lipinski definition) is 1. The highest BCUT2D eigenvalue weighted by molar-refractivity contribution is 6.48. The van der Waals surface area contributed by atoms with Gasteiger partial charge in [0.2, 0.25) is 0 Å². The number of carbonyl (C=O) groups excluding carboxylic acids is 2. The van der Waals surface area contributed by atoms with Crippen LogP contribution in [0.25, 0.3) is 0 Å². The SMILES string of the molecule is C=C1N=C(c2cc(Cl)cc(Cl)c2)C(=O)N1C(CC(C)C)c1ccc(CC(C)C(=O)O)cc1.C=O.CC.CC(C)(C)C. The van der Waals surface area contributed by atoms with Gasteiger partial charge in [-0.05, 0) is 53.5 Å². The summed E-state index contributed by atoms with van der Waals surface area (Å²) in [5.74, 6) is -0.848. The number of carboxylic acids is 1. The van der Waals surface area contributed by atoms with Crippen molar-refractivity contribution in [3.8, 4) is 0 Å². The quantitative estimate of drug-likeness (QED) is 0.325. The fraction of sp³-hybridized carbons (Fsp3) is 0.455. The molecule has 0 fully saturated rings. The van der Waals surface area contributed by atoms with Crippen LogP contribution in [0.15, 0.2) is 59.9 Å². The van der Waals surface area contributed by atoms with E-state index < -0.39 is 11.9 Å². The molecule has 2 atom stereocenters. The van der Waals surface area contributed by atoms with E-state index >= 15 is 0 Å². The number of aliphatic carboxylic acids is 1. The molecular formula is C33H46Cl2N2O4. The molecule has 2 aromatic carbocycles. The summed E-state index contributed by atoms with van der Waals surface area (Å²) >= 11 is 12.2. The van der Waals surface area contributed by atoms with Crippen LogP contribution in [0.3, 0.4) is 0 Å². The first-order valence-corrected chi connectivity index (χ1v) is 14.5. The van der Waals surface area contributed by atoms with Gasteiger partial charge in [-0.25, -0.2) is 4.99 Å². The molecule has 6 nitrogen and oxygen atoms in total. The molecule has 226 valence electrons. The number of rotatable bonds is 8. The standard InChI is InChI=1S/C25H26Cl2N2O3.C5H12.C2H6.CH2O/c1-14(2)9-22(18-7-5-17(6-8-18)10-15(3)25(31)32)29-16(4)28-23(24(29)30)19-11-20(26)13-21(27)12-19;1-5(2,3)4;2*1-2/h5-8,11-15,22H,4,9-10H2,1-3H3,(H,31,32);1-4H3;1-2H3;1H2. The number of halogens is 2. The highest BCUT2D eigenvalue weighted by Gasteiger charge is 2.36. The number of hydrogen-bond acceptors (Lipinski definition) is 4. The summed E-state index contributed by atoms with van der Waals surface area (Å²) in [6, 6.07) is 12.4. The van der Waals surface area contributed by atoms with Crippen LogP contribution < -0.4 is 0 Å². The largest absolute Gasteiger partial charge is 0.481 e. The van der Waals surface area contributed by atoms with Crippen molar-refractivity contribution >= 4 is 47.6 Å². The average Bonchev–Trinajstić information content (AvgIpc) is 3.17. The molecule has 2 aromatic rings. The van der Waals surface area contributed by atoms with Gasteiger partial charge in [0, 0.05) is 15.6 Å². The second-order valence-corrected chi connectivity index (χ2v) is 12.4. The Bertz CT molecular complexity index is 1160. The van der Waals surface area contributed by atoms with E-state index in [9.17, 15) is 9.59 Å². The van der Waals surface area contributed by atoms with Crippen molar-refractivity contribution in [2.75, 3.05) is 0 Å². The maximum absolute atomic E-state index is 13.4. The van der Waals surface area contributed by atoms with Crippen LogP contribution >= 0.6 is 23.2 Å². The third-order valence-corrected chi connectivity index (χ3v) is 5.85. The van der Waals surface area contributed by atoms with Gasteiger partial charge < -0.3 is 9.90 Å². The van der Waals surface area contributed by atoms with Crippen LogP contribution in [0.4, 0.5) is 0 Å². The van der Waals surface area contributed by atoms with Gasteiger partial charge in [0.15, 0.2) is 0 Å². The fourth-order valence-electron chi connectivity index (χ4n) is 3.82. The van der Waals surface area contributed by atoms with E-state index in [1.807, 2.05) is 44.9 Å². The lowest BCUT2D eigenvalue weighted by Crippen LogP contribution is -2.34. The van der Waals surface area contributed by atoms with Crippen molar-refractivity contribution in [1.29, 1.82) is 0 Å². The van der Waals surface area contributed by atoms with Crippen LogP contribution in [0, 0.1) is 17.3 Å². The van der Waals surface area contributed by atoms with E-state index in [1.54, 1.807) is 30.0 Å². The summed E-state index contributed by atoms with van der Waals surface area (Å²) in [7, 11) is 0. The first kappa shape index (κ1) is 38.0. The van der Waals surface area contributed by atoms with Gasteiger partial charge >= 0.3 is 5.97 Å². The summed E-state index contributed by atoms with van der Waals surface area (Å²) in [4.78, 5) is 38.6. The van der Waals surface area contributed by atoms with Crippen LogP contribution in [-0.2, 0) is 20.8 Å². The number of carbonyl (C=O) groups is 3. The zero-order chi connectivity index (χ0) is 32.1. The third-order valence-electron chi connectivity index (χ3n) is 5.41. The van der Waals surface area contributed by atoms with E-state index in [0.717, 1.165) is 17.5 Å². The van der Waals surface area contributed by atoms with Crippen molar-refractivity contribution in [3.63, 3.8) is 0 Å². The lowest BCUT2D eigenvalue weighted by atomic mass is 9.93. The highest BCUT2D eigenvalue weighted by Crippen LogP contribution is 2.35. The monoisotopic (exact) mass is 604 g/mol. The summed E-state index contributed by atoms with van der Waals surface area (Å²) in [6.45, 7) is 24.6. The maximum Gasteiger partial charge on any atom is 0.306 e. The Hall–Kier alpha value is -2.96. The molecular weight excluding hydrogens is 559 g/mol. The molecule has 0 aromatic heterocycles. The fourth-order valence-corrected chi connectivity index (χ4v) is 4.34. The normalized spacial score (nSPS) is 14.0. The molecule has 0 bridgehead atoms. The Labute approximate surface area is 256 Å². The molecule has 2 unspecified atom stereocenters. The smallest absolute Gasteiger partial charge is 0.306 e. The van der Waals surface area contributed by atoms with E-state index in [1.165, 1.54) is 0 Å². The van der Waals surface area contributed by atoms with Crippen molar-refractivity contribution in [2.45, 2.75) is 81.2 Å². The van der Waals surface area contributed by atoms with E-state index in [4.69, 9.17) is 33.1 Å². The zero-order valence-electron chi connectivity index (χ0n) is 25.9. The number of aliphatic imine (C=N–C) groups is 1. The van der Waals surface area contributed by atoms with Gasteiger partial charge in [0.25, 0.3) is 5.91 Å². The number of benzene rings is 2. The molecule has 1 aliphatic heterocycles. The number of amides is 1. The minimum atomic E-state index is -0.823. The molecule has 1 aliphatic rings. The van der Waals surface area contributed by atoms with Gasteiger partial charge in [-0.1, -0.05) is 116 Å².